The maximum atomic E-state index is 10.8. The number of benzene rings is 2. The molecule has 0 saturated heterocycles. The highest BCUT2D eigenvalue weighted by atomic mass is 127. The molecule has 4 nitrogen and oxygen atoms in total. The minimum Gasteiger partial charge on any atom is -0.508 e. The molecule has 0 aliphatic rings. The van der Waals surface area contributed by atoms with Gasteiger partial charge in [-0.05, 0) is 100 Å². The Morgan fingerprint density at radius 2 is 1.48 bits per heavy atom. The molecule has 0 aliphatic heterocycles. The van der Waals surface area contributed by atoms with E-state index in [1.54, 1.807) is 30.3 Å². The highest BCUT2D eigenvalue weighted by molar-refractivity contribution is 14.1. The smallest absolute Gasteiger partial charge is 0.218 e. The summed E-state index contributed by atoms with van der Waals surface area (Å²) in [6, 6.07) is 12.1. The van der Waals surface area contributed by atoms with Gasteiger partial charge in [0.1, 0.15) is 11.5 Å². The van der Waals surface area contributed by atoms with Gasteiger partial charge in [-0.25, -0.2) is 0 Å². The largest absolute Gasteiger partial charge is 0.508 e. The van der Waals surface area contributed by atoms with Crippen LogP contribution in [0.1, 0.15) is 24.2 Å². The third kappa shape index (κ3) is 11.3. The lowest BCUT2D eigenvalue weighted by Gasteiger charge is -1.99. The van der Waals surface area contributed by atoms with Crippen LogP contribution in [0.2, 0.25) is 0 Å². The fourth-order valence-corrected chi connectivity index (χ4v) is 2.28. The van der Waals surface area contributed by atoms with Crippen LogP contribution < -0.4 is 0 Å². The maximum absolute atomic E-state index is 10.8. The third-order valence-electron chi connectivity index (χ3n) is 2.15. The monoisotopic (exact) mass is 560 g/mol. The zero-order valence-corrected chi connectivity index (χ0v) is 17.5. The van der Waals surface area contributed by atoms with E-state index in [4.69, 9.17) is 5.11 Å². The molecule has 0 radical (unpaired) electrons. The fraction of sp³-hybridized carbons (Fsp3) is 0.125. The molecule has 0 aromatic heterocycles. The van der Waals surface area contributed by atoms with Crippen molar-refractivity contribution in [2.75, 3.05) is 0 Å². The number of ketones is 1. The molecular weight excluding hydrogens is 545 g/mol. The van der Waals surface area contributed by atoms with Crippen molar-refractivity contribution in [3.63, 3.8) is 0 Å². The minimum atomic E-state index is -0.361. The van der Waals surface area contributed by atoms with Crippen molar-refractivity contribution < 1.29 is 19.8 Å². The summed E-state index contributed by atoms with van der Waals surface area (Å²) in [6.07, 6.45) is 0. The number of Topliss-reactive ketones (excluding diaryl/α,β-unsaturated/α-hetero) is 1. The summed E-state index contributed by atoms with van der Waals surface area (Å²) >= 11 is 8.86. The number of hydrogen-bond acceptors (Lipinski definition) is 4. The molecule has 0 amide bonds. The third-order valence-corrected chi connectivity index (χ3v) is 3.49. The highest BCUT2D eigenvalue weighted by Crippen LogP contribution is 2.19. The van der Waals surface area contributed by atoms with E-state index in [-0.39, 0.29) is 16.8 Å². The summed E-state index contributed by atoms with van der Waals surface area (Å²) in [4.78, 5) is 20.0. The van der Waals surface area contributed by atoms with Crippen LogP contribution in [0.3, 0.4) is 0 Å². The van der Waals surface area contributed by atoms with E-state index in [2.05, 4.69) is 56.8 Å². The molecule has 124 valence electrons. The van der Waals surface area contributed by atoms with Crippen LogP contribution in [0.25, 0.3) is 0 Å². The molecule has 2 N–H and O–H groups in total. The summed E-state index contributed by atoms with van der Waals surface area (Å²) in [5.74, 6) is 0.278. The number of phenolic OH excluding ortho intramolecular Hbond substituents is 2. The van der Waals surface area contributed by atoms with E-state index in [1.807, 2.05) is 12.1 Å². The van der Waals surface area contributed by atoms with Crippen LogP contribution in [-0.4, -0.2) is 21.2 Å². The molecule has 23 heavy (non-hydrogen) atoms. The topological polar surface area (TPSA) is 74.6 Å². The second-order valence-corrected chi connectivity index (χ2v) is 7.19. The lowest BCUT2D eigenvalue weighted by atomic mass is 10.1. The van der Waals surface area contributed by atoms with Crippen molar-refractivity contribution in [3.05, 3.63) is 55.2 Å². The van der Waals surface area contributed by atoms with E-state index in [0.717, 1.165) is 7.14 Å². The zero-order valence-electron chi connectivity index (χ0n) is 12.4. The number of rotatable bonds is 1. The van der Waals surface area contributed by atoms with Gasteiger partial charge in [0, 0.05) is 14.1 Å². The molecule has 0 atom stereocenters. The Hall–Kier alpha value is -0.870. The average Bonchev–Trinajstić information content (AvgIpc) is 2.37. The lowest BCUT2D eigenvalue weighted by molar-refractivity contribution is -0.109. The van der Waals surface area contributed by atoms with Gasteiger partial charge in [-0.15, -0.1) is 0 Å². The van der Waals surface area contributed by atoms with Crippen molar-refractivity contribution >= 4 is 67.8 Å². The maximum Gasteiger partial charge on any atom is 0.218 e. The van der Waals surface area contributed by atoms with Crippen LogP contribution >= 0.6 is 56.8 Å². The summed E-state index contributed by atoms with van der Waals surface area (Å²) in [7, 11) is 0. The molecule has 7 heteroatoms. The lowest BCUT2D eigenvalue weighted by Crippen LogP contribution is -1.92. The summed E-state index contributed by atoms with van der Waals surface area (Å²) in [6.45, 7) is 2.73. The molecule has 0 fully saturated rings. The first-order chi connectivity index (χ1) is 10.6. The first kappa shape index (κ1) is 22.1. The predicted molar refractivity (Wildman–Crippen MR) is 108 cm³/mol. The average molecular weight is 561 g/mol. The van der Waals surface area contributed by atoms with Gasteiger partial charge >= 0.3 is 0 Å². The quantitative estimate of drug-likeness (QED) is 0.294. The second-order valence-electron chi connectivity index (χ2n) is 4.17. The molecule has 2 rings (SSSR count). The van der Waals surface area contributed by atoms with Gasteiger partial charge in [0.25, 0.3) is 0 Å². The molecule has 2 aromatic carbocycles. The number of phenols is 2. The number of carbonyl (C=O) groups excluding carboxylic acids is 2. The van der Waals surface area contributed by atoms with Gasteiger partial charge in [0.05, 0.1) is 5.56 Å². The first-order valence-corrected chi connectivity index (χ1v) is 8.77. The van der Waals surface area contributed by atoms with Crippen LogP contribution in [-0.2, 0) is 4.79 Å². The number of carbonyl (C=O) groups is 2. The van der Waals surface area contributed by atoms with Crippen LogP contribution in [0.4, 0.5) is 0 Å². The fourth-order valence-electron chi connectivity index (χ4n) is 1.28. The normalized spacial score (nSPS) is 8.91. The Labute approximate surface area is 167 Å². The van der Waals surface area contributed by atoms with E-state index >= 15 is 0 Å². The van der Waals surface area contributed by atoms with Gasteiger partial charge < -0.3 is 10.2 Å². The van der Waals surface area contributed by atoms with E-state index < -0.39 is 0 Å². The molecule has 0 heterocycles. The molecule has 0 unspecified atom stereocenters. The van der Waals surface area contributed by atoms with Crippen molar-refractivity contribution in [2.45, 2.75) is 13.8 Å². The van der Waals surface area contributed by atoms with Gasteiger partial charge in [-0.2, -0.15) is 0 Å². The molecule has 0 bridgehead atoms. The zero-order chi connectivity index (χ0) is 18.0. The standard InChI is InChI=1S/C8H7IO2.C6H5IO.C2H3ClO/c1-5(10)7-3-2-6(9)4-8(7)11;7-5-2-1-3-6(8)4-5;1-2(3)4/h2-4,11H,1H3;1-4,8H;1H3. The molecule has 2 aromatic rings. The number of halogens is 3. The Balaban J connectivity index is 0.000000354. The molecule has 0 spiro atoms. The minimum absolute atomic E-state index is 0.0596. The molecule has 0 aliphatic carbocycles. The Bertz CT molecular complexity index is 654. The number of hydrogen-bond donors (Lipinski definition) is 2. The summed E-state index contributed by atoms with van der Waals surface area (Å²) in [5.41, 5.74) is 0.380. The second kappa shape index (κ2) is 11.6. The van der Waals surface area contributed by atoms with Crippen molar-refractivity contribution in [1.29, 1.82) is 0 Å². The Kier molecular flexibility index (Phi) is 11.2. The molecular formula is C16H15ClI2O4. The van der Waals surface area contributed by atoms with Crippen molar-refractivity contribution in [1.82, 2.24) is 0 Å². The van der Waals surface area contributed by atoms with E-state index in [1.165, 1.54) is 13.8 Å². The summed E-state index contributed by atoms with van der Waals surface area (Å²) in [5, 5.41) is 17.7. The van der Waals surface area contributed by atoms with Gasteiger partial charge in [0.2, 0.25) is 5.24 Å². The highest BCUT2D eigenvalue weighted by Gasteiger charge is 2.04. The summed E-state index contributed by atoms with van der Waals surface area (Å²) < 4.78 is 1.98. The SMILES string of the molecule is CC(=O)Cl.CC(=O)c1ccc(I)cc1O.Oc1cccc(I)c1. The Morgan fingerprint density at radius 1 is 0.957 bits per heavy atom. The van der Waals surface area contributed by atoms with Crippen molar-refractivity contribution in [2.24, 2.45) is 0 Å². The molecule has 0 saturated carbocycles. The number of aromatic hydroxyl groups is 2. The van der Waals surface area contributed by atoms with Crippen LogP contribution in [0.5, 0.6) is 11.5 Å². The predicted octanol–water partition coefficient (Wildman–Crippen LogP) is 4.97. The van der Waals surface area contributed by atoms with E-state index in [9.17, 15) is 14.7 Å². The van der Waals surface area contributed by atoms with Crippen LogP contribution in [0.15, 0.2) is 42.5 Å². The van der Waals surface area contributed by atoms with Gasteiger partial charge in [-0.1, -0.05) is 6.07 Å². The van der Waals surface area contributed by atoms with Crippen molar-refractivity contribution in [3.8, 4) is 11.5 Å². The van der Waals surface area contributed by atoms with Gasteiger partial charge in [-0.3, -0.25) is 9.59 Å². The van der Waals surface area contributed by atoms with Crippen LogP contribution in [0, 0.1) is 7.14 Å². The Morgan fingerprint density at radius 3 is 1.83 bits per heavy atom. The first-order valence-electron chi connectivity index (χ1n) is 6.23. The van der Waals surface area contributed by atoms with E-state index in [0.29, 0.717) is 11.3 Å². The van der Waals surface area contributed by atoms with Gasteiger partial charge in [0.15, 0.2) is 5.78 Å².